The van der Waals surface area contributed by atoms with E-state index in [0.29, 0.717) is 0 Å². The Bertz CT molecular complexity index is 439. The molecule has 0 aliphatic carbocycles. The van der Waals surface area contributed by atoms with Gasteiger partial charge in [-0.05, 0) is 18.6 Å². The molecule has 0 atom stereocenters. The van der Waals surface area contributed by atoms with Crippen molar-refractivity contribution in [2.45, 2.75) is 26.2 Å². The lowest BCUT2D eigenvalue weighted by molar-refractivity contribution is 0.372. The van der Waals surface area contributed by atoms with Crippen molar-refractivity contribution >= 4 is 5.69 Å². The SMILES string of the molecule is CCc1noc(CCCNc2ccccc2)n1. The summed E-state index contributed by atoms with van der Waals surface area (Å²) in [5, 5.41) is 7.21. The molecule has 2 rings (SSSR count). The Balaban J connectivity index is 1.69. The Hall–Kier alpha value is -1.84. The Morgan fingerprint density at radius 3 is 2.76 bits per heavy atom. The Kier molecular flexibility index (Phi) is 4.13. The van der Waals surface area contributed by atoms with Gasteiger partial charge in [-0.1, -0.05) is 30.3 Å². The molecule has 0 spiro atoms. The molecule has 0 aliphatic heterocycles. The maximum atomic E-state index is 5.12. The van der Waals surface area contributed by atoms with Crippen LogP contribution < -0.4 is 5.32 Å². The first kappa shape index (κ1) is 11.6. The highest BCUT2D eigenvalue weighted by Gasteiger charge is 2.03. The van der Waals surface area contributed by atoms with Crippen molar-refractivity contribution in [3.8, 4) is 0 Å². The van der Waals surface area contributed by atoms with E-state index < -0.39 is 0 Å². The van der Waals surface area contributed by atoms with Crippen LogP contribution in [0.4, 0.5) is 5.69 Å². The fourth-order valence-electron chi connectivity index (χ4n) is 1.56. The van der Waals surface area contributed by atoms with Gasteiger partial charge in [0.2, 0.25) is 5.89 Å². The highest BCUT2D eigenvalue weighted by molar-refractivity contribution is 5.42. The molecule has 1 heterocycles. The summed E-state index contributed by atoms with van der Waals surface area (Å²) in [7, 11) is 0. The van der Waals surface area contributed by atoms with E-state index in [1.54, 1.807) is 0 Å². The van der Waals surface area contributed by atoms with Crippen LogP contribution in [0, 0.1) is 0 Å². The number of benzene rings is 1. The molecule has 1 aromatic heterocycles. The van der Waals surface area contributed by atoms with Crippen LogP contribution in [-0.4, -0.2) is 16.7 Å². The molecule has 0 radical (unpaired) electrons. The van der Waals surface area contributed by atoms with Crippen LogP contribution >= 0.6 is 0 Å². The zero-order chi connectivity index (χ0) is 11.9. The lowest BCUT2D eigenvalue weighted by Gasteiger charge is -2.03. The summed E-state index contributed by atoms with van der Waals surface area (Å²) in [6.07, 6.45) is 2.64. The van der Waals surface area contributed by atoms with Crippen molar-refractivity contribution in [3.05, 3.63) is 42.0 Å². The van der Waals surface area contributed by atoms with Crippen molar-refractivity contribution in [1.82, 2.24) is 10.1 Å². The minimum atomic E-state index is 0.733. The second-order valence-corrected chi connectivity index (χ2v) is 3.85. The number of para-hydroxylation sites is 1. The van der Waals surface area contributed by atoms with Crippen LogP contribution in [0.3, 0.4) is 0 Å². The zero-order valence-electron chi connectivity index (χ0n) is 10.0. The molecule has 4 nitrogen and oxygen atoms in total. The number of aryl methyl sites for hydroxylation is 2. The van der Waals surface area contributed by atoms with Crippen LogP contribution in [0.2, 0.25) is 0 Å². The quantitative estimate of drug-likeness (QED) is 0.776. The largest absolute Gasteiger partial charge is 0.385 e. The highest BCUT2D eigenvalue weighted by Crippen LogP contribution is 2.06. The van der Waals surface area contributed by atoms with E-state index in [1.165, 1.54) is 0 Å². The molecule has 90 valence electrons. The summed E-state index contributed by atoms with van der Waals surface area (Å²) < 4.78 is 5.12. The van der Waals surface area contributed by atoms with Crippen molar-refractivity contribution in [2.24, 2.45) is 0 Å². The molecule has 0 aliphatic rings. The Morgan fingerprint density at radius 1 is 1.24 bits per heavy atom. The van der Waals surface area contributed by atoms with E-state index in [-0.39, 0.29) is 0 Å². The summed E-state index contributed by atoms with van der Waals surface area (Å²) in [6.45, 7) is 2.93. The van der Waals surface area contributed by atoms with E-state index >= 15 is 0 Å². The molecule has 0 amide bonds. The van der Waals surface area contributed by atoms with Gasteiger partial charge in [0.1, 0.15) is 0 Å². The maximum Gasteiger partial charge on any atom is 0.226 e. The van der Waals surface area contributed by atoms with Crippen molar-refractivity contribution in [3.63, 3.8) is 0 Å². The van der Waals surface area contributed by atoms with Gasteiger partial charge in [-0.15, -0.1) is 0 Å². The van der Waals surface area contributed by atoms with E-state index in [2.05, 4.69) is 27.6 Å². The van der Waals surface area contributed by atoms with Gasteiger partial charge in [0.05, 0.1) is 0 Å². The van der Waals surface area contributed by atoms with Gasteiger partial charge in [-0.25, -0.2) is 0 Å². The summed E-state index contributed by atoms with van der Waals surface area (Å²) in [5.74, 6) is 1.52. The van der Waals surface area contributed by atoms with Crippen molar-refractivity contribution in [1.29, 1.82) is 0 Å². The van der Waals surface area contributed by atoms with Crippen LogP contribution in [0.1, 0.15) is 25.1 Å². The Morgan fingerprint density at radius 2 is 2.06 bits per heavy atom. The van der Waals surface area contributed by atoms with Crippen LogP contribution in [0.5, 0.6) is 0 Å². The van der Waals surface area contributed by atoms with Gasteiger partial charge in [-0.3, -0.25) is 0 Å². The second-order valence-electron chi connectivity index (χ2n) is 3.85. The molecule has 0 unspecified atom stereocenters. The smallest absolute Gasteiger partial charge is 0.226 e. The van der Waals surface area contributed by atoms with Gasteiger partial charge < -0.3 is 9.84 Å². The first-order chi connectivity index (χ1) is 8.38. The average Bonchev–Trinajstić information content (AvgIpc) is 2.84. The van der Waals surface area contributed by atoms with Crippen LogP contribution in [0.25, 0.3) is 0 Å². The van der Waals surface area contributed by atoms with E-state index in [0.717, 1.165) is 43.2 Å². The average molecular weight is 231 g/mol. The van der Waals surface area contributed by atoms with Gasteiger partial charge >= 0.3 is 0 Å². The lowest BCUT2D eigenvalue weighted by Crippen LogP contribution is -2.02. The first-order valence-corrected chi connectivity index (χ1v) is 5.99. The van der Waals surface area contributed by atoms with Crippen LogP contribution in [-0.2, 0) is 12.8 Å². The third-order valence-electron chi connectivity index (χ3n) is 2.50. The Labute approximate surface area is 101 Å². The van der Waals surface area contributed by atoms with Crippen LogP contribution in [0.15, 0.2) is 34.9 Å². The molecule has 0 bridgehead atoms. The maximum absolute atomic E-state index is 5.12. The minimum absolute atomic E-state index is 0.733. The van der Waals surface area contributed by atoms with Gasteiger partial charge in [-0.2, -0.15) is 4.98 Å². The second kappa shape index (κ2) is 6.03. The van der Waals surface area contributed by atoms with E-state index in [1.807, 2.05) is 25.1 Å². The molecule has 1 N–H and O–H groups in total. The fourth-order valence-corrected chi connectivity index (χ4v) is 1.56. The molecule has 4 heteroatoms. The van der Waals surface area contributed by atoms with Crippen molar-refractivity contribution < 1.29 is 4.52 Å². The summed E-state index contributed by atoms with van der Waals surface area (Å²) in [6, 6.07) is 10.2. The van der Waals surface area contributed by atoms with E-state index in [9.17, 15) is 0 Å². The molecule has 0 saturated carbocycles. The third-order valence-corrected chi connectivity index (χ3v) is 2.50. The topological polar surface area (TPSA) is 51.0 Å². The summed E-state index contributed by atoms with van der Waals surface area (Å²) in [5.41, 5.74) is 1.15. The van der Waals surface area contributed by atoms with E-state index in [4.69, 9.17) is 4.52 Å². The van der Waals surface area contributed by atoms with Gasteiger partial charge in [0.25, 0.3) is 0 Å². The highest BCUT2D eigenvalue weighted by atomic mass is 16.5. The predicted molar refractivity (Wildman–Crippen MR) is 66.9 cm³/mol. The third kappa shape index (κ3) is 3.59. The zero-order valence-corrected chi connectivity index (χ0v) is 10.0. The number of anilines is 1. The van der Waals surface area contributed by atoms with Gasteiger partial charge in [0.15, 0.2) is 5.82 Å². The number of hydrogen-bond donors (Lipinski definition) is 1. The predicted octanol–water partition coefficient (Wildman–Crippen LogP) is 2.68. The summed E-state index contributed by atoms with van der Waals surface area (Å²) in [4.78, 5) is 4.27. The molecule has 17 heavy (non-hydrogen) atoms. The monoisotopic (exact) mass is 231 g/mol. The van der Waals surface area contributed by atoms with Crippen molar-refractivity contribution in [2.75, 3.05) is 11.9 Å². The summed E-state index contributed by atoms with van der Waals surface area (Å²) >= 11 is 0. The normalized spacial score (nSPS) is 10.4. The number of rotatable bonds is 6. The minimum Gasteiger partial charge on any atom is -0.385 e. The number of hydrogen-bond acceptors (Lipinski definition) is 4. The molecule has 0 saturated heterocycles. The van der Waals surface area contributed by atoms with Gasteiger partial charge in [0, 0.05) is 25.1 Å². The fraction of sp³-hybridized carbons (Fsp3) is 0.385. The number of aromatic nitrogens is 2. The molecule has 2 aromatic rings. The number of nitrogens with zero attached hydrogens (tertiary/aromatic N) is 2. The standard InChI is InChI=1S/C13H17N3O/c1-2-12-15-13(17-16-12)9-6-10-14-11-7-4-3-5-8-11/h3-5,7-8,14H,2,6,9-10H2,1H3. The lowest BCUT2D eigenvalue weighted by atomic mass is 10.3. The molecular formula is C13H17N3O. The molecular weight excluding hydrogens is 214 g/mol. The molecule has 1 aromatic carbocycles. The molecule has 0 fully saturated rings. The first-order valence-electron chi connectivity index (χ1n) is 5.99. The number of nitrogens with one attached hydrogen (secondary N) is 1.